The van der Waals surface area contributed by atoms with E-state index in [-0.39, 0.29) is 17.9 Å². The van der Waals surface area contributed by atoms with Crippen LogP contribution in [0.5, 0.6) is 0 Å². The summed E-state index contributed by atoms with van der Waals surface area (Å²) in [6.45, 7) is 4.32. The third-order valence-electron chi connectivity index (χ3n) is 5.24. The molecule has 0 radical (unpaired) electrons. The predicted octanol–water partition coefficient (Wildman–Crippen LogP) is 4.52. The van der Waals surface area contributed by atoms with E-state index in [1.165, 1.54) is 11.8 Å². The first-order valence-electron chi connectivity index (χ1n) is 9.48. The summed E-state index contributed by atoms with van der Waals surface area (Å²) in [6, 6.07) is 17.8. The number of amides is 2. The van der Waals surface area contributed by atoms with Crippen molar-refractivity contribution in [2.45, 2.75) is 48.9 Å². The van der Waals surface area contributed by atoms with E-state index in [1.54, 1.807) is 4.90 Å². The zero-order chi connectivity index (χ0) is 19.0. The number of nitrogens with one attached hydrogen (secondary N) is 1. The van der Waals surface area contributed by atoms with Gasteiger partial charge in [0.15, 0.2) is 4.87 Å². The normalized spacial score (nSPS) is 21.9. The van der Waals surface area contributed by atoms with Crippen molar-refractivity contribution in [3.8, 4) is 0 Å². The van der Waals surface area contributed by atoms with Crippen molar-refractivity contribution in [2.24, 2.45) is 5.92 Å². The van der Waals surface area contributed by atoms with Crippen LogP contribution in [-0.2, 0) is 9.59 Å². The molecular formula is C22H24N2O2S. The Morgan fingerprint density at radius 1 is 1.15 bits per heavy atom. The van der Waals surface area contributed by atoms with E-state index in [2.05, 4.69) is 31.3 Å². The van der Waals surface area contributed by atoms with Gasteiger partial charge in [-0.15, -0.1) is 0 Å². The van der Waals surface area contributed by atoms with Gasteiger partial charge >= 0.3 is 0 Å². The molecule has 0 bridgehead atoms. The van der Waals surface area contributed by atoms with E-state index in [0.29, 0.717) is 18.8 Å². The number of hydrogen-bond donors (Lipinski definition) is 1. The van der Waals surface area contributed by atoms with Gasteiger partial charge in [0.25, 0.3) is 5.91 Å². The Labute approximate surface area is 164 Å². The van der Waals surface area contributed by atoms with Gasteiger partial charge in [-0.2, -0.15) is 0 Å². The molecule has 2 unspecified atom stereocenters. The van der Waals surface area contributed by atoms with E-state index >= 15 is 0 Å². The van der Waals surface area contributed by atoms with Crippen LogP contribution in [0.1, 0.15) is 44.7 Å². The lowest BCUT2D eigenvalue weighted by Crippen LogP contribution is -2.53. The van der Waals surface area contributed by atoms with Crippen molar-refractivity contribution < 1.29 is 9.59 Å². The molecule has 2 aromatic carbocycles. The molecule has 4 nitrogen and oxygen atoms in total. The molecule has 2 atom stereocenters. The lowest BCUT2D eigenvalue weighted by molar-refractivity contribution is -0.125. The minimum atomic E-state index is -0.856. The van der Waals surface area contributed by atoms with Gasteiger partial charge in [0.1, 0.15) is 0 Å². The predicted molar refractivity (Wildman–Crippen MR) is 109 cm³/mol. The first-order valence-corrected chi connectivity index (χ1v) is 10.3. The van der Waals surface area contributed by atoms with Gasteiger partial charge in [0, 0.05) is 11.3 Å². The monoisotopic (exact) mass is 380 g/mol. The highest BCUT2D eigenvalue weighted by atomic mass is 32.2. The van der Waals surface area contributed by atoms with Crippen LogP contribution in [0.2, 0.25) is 0 Å². The maximum Gasteiger partial charge on any atom is 0.257 e. The summed E-state index contributed by atoms with van der Waals surface area (Å²) in [5.74, 6) is 0.412. The molecule has 5 heteroatoms. The summed E-state index contributed by atoms with van der Waals surface area (Å²) in [5, 5.41) is 3.27. The van der Waals surface area contributed by atoms with Crippen molar-refractivity contribution in [3.63, 3.8) is 0 Å². The molecule has 4 rings (SSSR count). The SMILES string of the molecule is CC(C)CC(NC(=O)C12CCC(=O)N1c1ccccc1S2)c1ccccc1. The molecule has 1 fully saturated rings. The van der Waals surface area contributed by atoms with Crippen LogP contribution >= 0.6 is 11.8 Å². The summed E-state index contributed by atoms with van der Waals surface area (Å²) in [6.07, 6.45) is 1.81. The molecule has 2 amide bonds. The number of nitrogens with zero attached hydrogens (tertiary/aromatic N) is 1. The first-order chi connectivity index (χ1) is 13.0. The summed E-state index contributed by atoms with van der Waals surface area (Å²) in [5.41, 5.74) is 1.97. The minimum Gasteiger partial charge on any atom is -0.346 e. The van der Waals surface area contributed by atoms with Gasteiger partial charge in [0.2, 0.25) is 5.91 Å². The fourth-order valence-electron chi connectivity index (χ4n) is 4.00. The van der Waals surface area contributed by atoms with Gasteiger partial charge in [-0.3, -0.25) is 14.5 Å². The topological polar surface area (TPSA) is 49.4 Å². The molecule has 0 spiro atoms. The largest absolute Gasteiger partial charge is 0.346 e. The molecule has 2 aliphatic rings. The van der Waals surface area contributed by atoms with Crippen LogP contribution in [-0.4, -0.2) is 16.7 Å². The molecule has 2 aromatic rings. The van der Waals surface area contributed by atoms with Crippen molar-refractivity contribution in [1.82, 2.24) is 5.32 Å². The van der Waals surface area contributed by atoms with E-state index in [1.807, 2.05) is 42.5 Å². The Morgan fingerprint density at radius 2 is 1.85 bits per heavy atom. The summed E-state index contributed by atoms with van der Waals surface area (Å²) in [7, 11) is 0. The second kappa shape index (κ2) is 7.04. The number of para-hydroxylation sites is 1. The van der Waals surface area contributed by atoms with Crippen LogP contribution in [0.4, 0.5) is 5.69 Å². The highest BCUT2D eigenvalue weighted by molar-refractivity contribution is 8.02. The molecule has 0 saturated carbocycles. The highest BCUT2D eigenvalue weighted by Gasteiger charge is 2.57. The molecule has 140 valence electrons. The first kappa shape index (κ1) is 18.1. The lowest BCUT2D eigenvalue weighted by Gasteiger charge is -2.32. The number of hydrogen-bond acceptors (Lipinski definition) is 3. The van der Waals surface area contributed by atoms with E-state index < -0.39 is 4.87 Å². The standard InChI is InChI=1S/C22H24N2O2S/c1-15(2)14-17(16-8-4-3-5-9-16)23-21(26)22-13-12-20(25)24(22)18-10-6-7-11-19(18)27-22/h3-11,15,17H,12-14H2,1-2H3,(H,23,26). The Balaban J connectivity index is 1.64. The summed E-state index contributed by atoms with van der Waals surface area (Å²) < 4.78 is 0. The average molecular weight is 381 g/mol. The number of carbonyl (C=O) groups excluding carboxylic acids is 2. The van der Waals surface area contributed by atoms with Crippen LogP contribution in [0.3, 0.4) is 0 Å². The summed E-state index contributed by atoms with van der Waals surface area (Å²) in [4.78, 5) is 28.0. The van der Waals surface area contributed by atoms with Crippen molar-refractivity contribution in [2.75, 3.05) is 4.90 Å². The lowest BCUT2D eigenvalue weighted by atomic mass is 9.96. The van der Waals surface area contributed by atoms with Crippen LogP contribution in [0, 0.1) is 5.92 Å². The Kier molecular flexibility index (Phi) is 4.72. The highest BCUT2D eigenvalue weighted by Crippen LogP contribution is 2.55. The molecule has 1 N–H and O–H groups in total. The second-order valence-corrected chi connectivity index (χ2v) is 8.97. The van der Waals surface area contributed by atoms with E-state index in [9.17, 15) is 9.59 Å². The van der Waals surface area contributed by atoms with Gasteiger partial charge in [-0.05, 0) is 36.5 Å². The molecular weight excluding hydrogens is 356 g/mol. The minimum absolute atomic E-state index is 0.0303. The zero-order valence-electron chi connectivity index (χ0n) is 15.6. The van der Waals surface area contributed by atoms with E-state index in [4.69, 9.17) is 0 Å². The Hall–Kier alpha value is -2.27. The molecule has 1 saturated heterocycles. The number of anilines is 1. The maximum atomic E-state index is 13.5. The Morgan fingerprint density at radius 3 is 2.59 bits per heavy atom. The quantitative estimate of drug-likeness (QED) is 0.830. The molecule has 2 heterocycles. The van der Waals surface area contributed by atoms with Gasteiger partial charge < -0.3 is 5.32 Å². The maximum absolute atomic E-state index is 13.5. The van der Waals surface area contributed by atoms with Gasteiger partial charge in [-0.25, -0.2) is 0 Å². The van der Waals surface area contributed by atoms with Gasteiger partial charge in [-0.1, -0.05) is 68.1 Å². The van der Waals surface area contributed by atoms with Crippen LogP contribution in [0.25, 0.3) is 0 Å². The van der Waals surface area contributed by atoms with Crippen LogP contribution < -0.4 is 10.2 Å². The van der Waals surface area contributed by atoms with Crippen molar-refractivity contribution in [1.29, 1.82) is 0 Å². The van der Waals surface area contributed by atoms with Crippen molar-refractivity contribution in [3.05, 3.63) is 60.2 Å². The van der Waals surface area contributed by atoms with Crippen LogP contribution in [0.15, 0.2) is 59.5 Å². The average Bonchev–Trinajstić information content (AvgIpc) is 3.17. The second-order valence-electron chi connectivity index (χ2n) is 7.65. The third-order valence-corrected chi connectivity index (χ3v) is 6.72. The Bertz CT molecular complexity index is 868. The molecule has 27 heavy (non-hydrogen) atoms. The number of rotatable bonds is 5. The van der Waals surface area contributed by atoms with Gasteiger partial charge in [0.05, 0.1) is 11.7 Å². The van der Waals surface area contributed by atoms with E-state index in [0.717, 1.165) is 22.6 Å². The smallest absolute Gasteiger partial charge is 0.257 e. The molecule has 2 aliphatic heterocycles. The molecule has 0 aliphatic carbocycles. The fourth-order valence-corrected chi connectivity index (χ4v) is 5.43. The number of carbonyl (C=O) groups is 2. The number of fused-ring (bicyclic) bond motifs is 3. The number of thioether (sulfide) groups is 1. The zero-order valence-corrected chi connectivity index (χ0v) is 16.5. The van der Waals surface area contributed by atoms with Crippen molar-refractivity contribution >= 4 is 29.3 Å². The number of benzene rings is 2. The fraction of sp³-hybridized carbons (Fsp3) is 0.364. The molecule has 0 aromatic heterocycles. The third kappa shape index (κ3) is 3.14. The summed E-state index contributed by atoms with van der Waals surface area (Å²) >= 11 is 1.52.